The molecule has 0 unspecified atom stereocenters. The summed E-state index contributed by atoms with van der Waals surface area (Å²) in [5, 5.41) is 3.35. The molecule has 82 valence electrons. The van der Waals surface area contributed by atoms with E-state index in [0.29, 0.717) is 6.42 Å². The van der Waals surface area contributed by atoms with Crippen molar-refractivity contribution >= 4 is 5.97 Å². The molecular weight excluding hydrogens is 180 g/mol. The van der Waals surface area contributed by atoms with E-state index in [1.54, 1.807) is 0 Å². The quantitative estimate of drug-likeness (QED) is 0.660. The van der Waals surface area contributed by atoms with Crippen molar-refractivity contribution in [3.05, 3.63) is 0 Å². The zero-order valence-electron chi connectivity index (χ0n) is 8.92. The molecule has 1 fully saturated rings. The largest absolute Gasteiger partial charge is 0.469 e. The van der Waals surface area contributed by atoms with Gasteiger partial charge in [0.1, 0.15) is 0 Å². The summed E-state index contributed by atoms with van der Waals surface area (Å²) in [6.45, 7) is 5.44. The number of rotatable bonds is 4. The van der Waals surface area contributed by atoms with Gasteiger partial charge in [-0.1, -0.05) is 0 Å². The zero-order chi connectivity index (χ0) is 10.2. The van der Waals surface area contributed by atoms with Gasteiger partial charge in [0.15, 0.2) is 0 Å². The van der Waals surface area contributed by atoms with E-state index in [4.69, 9.17) is 0 Å². The predicted molar refractivity (Wildman–Crippen MR) is 55.2 cm³/mol. The van der Waals surface area contributed by atoms with Gasteiger partial charge in [0.2, 0.25) is 0 Å². The van der Waals surface area contributed by atoms with Crippen molar-refractivity contribution in [1.82, 2.24) is 10.2 Å². The molecule has 0 aliphatic carbocycles. The average molecular weight is 200 g/mol. The number of hydrogen-bond donors (Lipinski definition) is 1. The number of carbonyl (C=O) groups excluding carboxylic acids is 1. The summed E-state index contributed by atoms with van der Waals surface area (Å²) in [7, 11) is 1.44. The molecule has 1 rings (SSSR count). The first-order chi connectivity index (χ1) is 6.83. The van der Waals surface area contributed by atoms with Gasteiger partial charge >= 0.3 is 5.97 Å². The van der Waals surface area contributed by atoms with Crippen LogP contribution in [-0.4, -0.2) is 50.7 Å². The fourth-order valence-corrected chi connectivity index (χ4v) is 1.67. The van der Waals surface area contributed by atoms with Crippen LogP contribution in [0.25, 0.3) is 0 Å². The molecule has 0 aromatic carbocycles. The first kappa shape index (κ1) is 11.5. The van der Waals surface area contributed by atoms with Gasteiger partial charge in [-0.2, -0.15) is 0 Å². The number of carbonyl (C=O) groups is 1. The van der Waals surface area contributed by atoms with Crippen LogP contribution in [-0.2, 0) is 9.53 Å². The van der Waals surface area contributed by atoms with Crippen LogP contribution in [0.3, 0.4) is 0 Å². The van der Waals surface area contributed by atoms with Crippen molar-refractivity contribution in [2.24, 2.45) is 0 Å². The summed E-state index contributed by atoms with van der Waals surface area (Å²) in [6, 6.07) is 0. The maximum atomic E-state index is 10.9. The van der Waals surface area contributed by atoms with Crippen molar-refractivity contribution < 1.29 is 9.53 Å². The van der Waals surface area contributed by atoms with E-state index in [-0.39, 0.29) is 5.97 Å². The summed E-state index contributed by atoms with van der Waals surface area (Å²) in [6.07, 6.45) is 2.66. The molecule has 0 aromatic rings. The van der Waals surface area contributed by atoms with Crippen molar-refractivity contribution in [1.29, 1.82) is 0 Å². The van der Waals surface area contributed by atoms with Crippen LogP contribution in [0.2, 0.25) is 0 Å². The number of methoxy groups -OCH3 is 1. The minimum absolute atomic E-state index is 0.0991. The number of nitrogens with zero attached hydrogens (tertiary/aromatic N) is 1. The third kappa shape index (κ3) is 4.58. The third-order valence-corrected chi connectivity index (χ3v) is 2.52. The van der Waals surface area contributed by atoms with E-state index in [1.807, 2.05) is 0 Å². The van der Waals surface area contributed by atoms with Gasteiger partial charge in [-0.25, -0.2) is 0 Å². The first-order valence-corrected chi connectivity index (χ1v) is 5.33. The highest BCUT2D eigenvalue weighted by molar-refractivity contribution is 5.69. The van der Waals surface area contributed by atoms with Gasteiger partial charge in [0, 0.05) is 19.5 Å². The molecule has 0 bridgehead atoms. The third-order valence-electron chi connectivity index (χ3n) is 2.52. The molecule has 0 amide bonds. The molecule has 4 nitrogen and oxygen atoms in total. The van der Waals surface area contributed by atoms with E-state index >= 15 is 0 Å². The van der Waals surface area contributed by atoms with Crippen LogP contribution < -0.4 is 5.32 Å². The maximum absolute atomic E-state index is 10.9. The van der Waals surface area contributed by atoms with E-state index in [9.17, 15) is 4.79 Å². The lowest BCUT2D eigenvalue weighted by molar-refractivity contribution is -0.140. The summed E-state index contributed by atoms with van der Waals surface area (Å²) < 4.78 is 4.59. The minimum atomic E-state index is -0.0991. The molecule has 0 radical (unpaired) electrons. The van der Waals surface area contributed by atoms with Gasteiger partial charge in [-0.05, 0) is 32.5 Å². The fourth-order valence-electron chi connectivity index (χ4n) is 1.67. The molecule has 1 N–H and O–H groups in total. The molecule has 0 spiro atoms. The van der Waals surface area contributed by atoms with Crippen molar-refractivity contribution in [2.45, 2.75) is 19.3 Å². The van der Waals surface area contributed by atoms with Crippen LogP contribution >= 0.6 is 0 Å². The topological polar surface area (TPSA) is 41.6 Å². The van der Waals surface area contributed by atoms with E-state index in [2.05, 4.69) is 15.0 Å². The van der Waals surface area contributed by atoms with E-state index in [0.717, 1.165) is 39.1 Å². The van der Waals surface area contributed by atoms with Gasteiger partial charge in [-0.15, -0.1) is 0 Å². The van der Waals surface area contributed by atoms with Crippen LogP contribution in [0.1, 0.15) is 19.3 Å². The Bertz CT molecular complexity index is 166. The van der Waals surface area contributed by atoms with Gasteiger partial charge < -0.3 is 15.0 Å². The summed E-state index contributed by atoms with van der Waals surface area (Å²) in [4.78, 5) is 13.3. The second-order valence-corrected chi connectivity index (χ2v) is 3.62. The van der Waals surface area contributed by atoms with Crippen LogP contribution in [0.4, 0.5) is 0 Å². The molecule has 4 heteroatoms. The standard InChI is InChI=1S/C10H20N2O2/c1-14-10(13)4-2-7-12-8-3-5-11-6-9-12/h11H,2-9H2,1H3. The van der Waals surface area contributed by atoms with Crippen LogP contribution in [0.15, 0.2) is 0 Å². The van der Waals surface area contributed by atoms with Crippen LogP contribution in [0.5, 0.6) is 0 Å². The van der Waals surface area contributed by atoms with E-state index in [1.165, 1.54) is 13.5 Å². The van der Waals surface area contributed by atoms with Gasteiger partial charge in [0.25, 0.3) is 0 Å². The number of esters is 1. The minimum Gasteiger partial charge on any atom is -0.469 e. The Kier molecular flexibility index (Phi) is 5.56. The molecule has 0 atom stereocenters. The summed E-state index contributed by atoms with van der Waals surface area (Å²) in [5.41, 5.74) is 0. The SMILES string of the molecule is COC(=O)CCCN1CCCNCC1. The van der Waals surface area contributed by atoms with Crippen LogP contribution in [0, 0.1) is 0 Å². The molecule has 0 aromatic heterocycles. The molecule has 1 heterocycles. The van der Waals surface area contributed by atoms with Gasteiger partial charge in [0.05, 0.1) is 7.11 Å². The number of nitrogens with one attached hydrogen (secondary N) is 1. The first-order valence-electron chi connectivity index (χ1n) is 5.33. The summed E-state index contributed by atoms with van der Waals surface area (Å²) >= 11 is 0. The summed E-state index contributed by atoms with van der Waals surface area (Å²) in [5.74, 6) is -0.0991. The molecule has 1 aliphatic heterocycles. The van der Waals surface area contributed by atoms with E-state index < -0.39 is 0 Å². The monoisotopic (exact) mass is 200 g/mol. The molecule has 1 aliphatic rings. The molecule has 14 heavy (non-hydrogen) atoms. The smallest absolute Gasteiger partial charge is 0.305 e. The number of ether oxygens (including phenoxy) is 1. The average Bonchev–Trinajstić information content (AvgIpc) is 2.46. The highest BCUT2D eigenvalue weighted by atomic mass is 16.5. The Balaban J connectivity index is 2.07. The molecule has 0 saturated carbocycles. The lowest BCUT2D eigenvalue weighted by Gasteiger charge is -2.18. The van der Waals surface area contributed by atoms with Crippen molar-refractivity contribution in [3.8, 4) is 0 Å². The second-order valence-electron chi connectivity index (χ2n) is 3.62. The Morgan fingerprint density at radius 3 is 3.07 bits per heavy atom. The number of hydrogen-bond acceptors (Lipinski definition) is 4. The second kappa shape index (κ2) is 6.79. The highest BCUT2D eigenvalue weighted by Gasteiger charge is 2.08. The molecular formula is C10H20N2O2. The fraction of sp³-hybridized carbons (Fsp3) is 0.900. The Morgan fingerprint density at radius 1 is 1.43 bits per heavy atom. The lowest BCUT2D eigenvalue weighted by Crippen LogP contribution is -2.29. The highest BCUT2D eigenvalue weighted by Crippen LogP contribution is 1.99. The Hall–Kier alpha value is -0.610. The molecule has 1 saturated heterocycles. The normalized spacial score (nSPS) is 18.9. The van der Waals surface area contributed by atoms with Gasteiger partial charge in [-0.3, -0.25) is 4.79 Å². The Labute approximate surface area is 85.6 Å². The zero-order valence-corrected chi connectivity index (χ0v) is 8.92. The van der Waals surface area contributed by atoms with Crippen molar-refractivity contribution in [3.63, 3.8) is 0 Å². The lowest BCUT2D eigenvalue weighted by atomic mass is 10.3. The predicted octanol–water partition coefficient (Wildman–Crippen LogP) is 0.235. The Morgan fingerprint density at radius 2 is 2.29 bits per heavy atom. The maximum Gasteiger partial charge on any atom is 0.305 e. The van der Waals surface area contributed by atoms with Crippen molar-refractivity contribution in [2.75, 3.05) is 39.8 Å².